The first-order chi connectivity index (χ1) is 13.1. The summed E-state index contributed by atoms with van der Waals surface area (Å²) in [6.07, 6.45) is 2.84. The van der Waals surface area contributed by atoms with Gasteiger partial charge in [-0.3, -0.25) is 9.58 Å². The van der Waals surface area contributed by atoms with Gasteiger partial charge in [0.25, 0.3) is 0 Å². The first-order valence-corrected chi connectivity index (χ1v) is 9.05. The normalized spacial score (nSPS) is 17.4. The lowest BCUT2D eigenvalue weighted by Crippen LogP contribution is -2.21. The highest BCUT2D eigenvalue weighted by Gasteiger charge is 2.27. The summed E-state index contributed by atoms with van der Waals surface area (Å²) < 4.78 is 20.8. The third-order valence-electron chi connectivity index (χ3n) is 4.83. The van der Waals surface area contributed by atoms with Crippen LogP contribution in [0.4, 0.5) is 4.39 Å². The van der Waals surface area contributed by atoms with Gasteiger partial charge in [-0.05, 0) is 50.2 Å². The predicted molar refractivity (Wildman–Crippen MR) is 99.1 cm³/mol. The molecule has 1 aliphatic heterocycles. The number of rotatable bonds is 5. The van der Waals surface area contributed by atoms with Crippen LogP contribution in [-0.2, 0) is 13.6 Å². The van der Waals surface area contributed by atoms with E-state index in [1.54, 1.807) is 18.2 Å². The summed E-state index contributed by atoms with van der Waals surface area (Å²) >= 11 is 0. The molecule has 0 N–H and O–H groups in total. The summed E-state index contributed by atoms with van der Waals surface area (Å²) in [4.78, 5) is 11.6. The van der Waals surface area contributed by atoms with Crippen LogP contribution in [0, 0.1) is 12.7 Å². The lowest BCUT2D eigenvalue weighted by atomic mass is 10.1. The van der Waals surface area contributed by atoms with E-state index in [9.17, 15) is 4.39 Å². The number of likely N-dealkylation sites (tertiary alicyclic amines) is 1. The van der Waals surface area contributed by atoms with Crippen LogP contribution < -0.4 is 4.74 Å². The summed E-state index contributed by atoms with van der Waals surface area (Å²) in [6.45, 7) is 4.72. The first kappa shape index (κ1) is 17.6. The molecular formula is C20H22FN5O. The van der Waals surface area contributed by atoms with Crippen molar-refractivity contribution in [1.29, 1.82) is 0 Å². The third kappa shape index (κ3) is 4.14. The van der Waals surface area contributed by atoms with Gasteiger partial charge in [0.15, 0.2) is 0 Å². The Balaban J connectivity index is 1.46. The summed E-state index contributed by atoms with van der Waals surface area (Å²) in [5, 5.41) is 4.23. The van der Waals surface area contributed by atoms with Gasteiger partial charge >= 0.3 is 0 Å². The van der Waals surface area contributed by atoms with Crippen LogP contribution in [0.2, 0.25) is 0 Å². The number of ether oxygens (including phenoxy) is 1. The molecule has 3 aromatic rings. The zero-order valence-corrected chi connectivity index (χ0v) is 15.5. The van der Waals surface area contributed by atoms with E-state index in [0.29, 0.717) is 11.6 Å². The van der Waals surface area contributed by atoms with Gasteiger partial charge in [0.05, 0.1) is 5.69 Å². The van der Waals surface area contributed by atoms with Gasteiger partial charge in [-0.25, -0.2) is 9.37 Å². The number of hydrogen-bond donors (Lipinski definition) is 0. The number of aryl methyl sites for hydroxylation is 2. The topological polar surface area (TPSA) is 56.1 Å². The van der Waals surface area contributed by atoms with Crippen molar-refractivity contribution in [3.8, 4) is 11.6 Å². The van der Waals surface area contributed by atoms with Gasteiger partial charge in [0.2, 0.25) is 5.88 Å². The van der Waals surface area contributed by atoms with Crippen molar-refractivity contribution < 1.29 is 9.13 Å². The number of hydrogen-bond acceptors (Lipinski definition) is 5. The van der Waals surface area contributed by atoms with Crippen molar-refractivity contribution in [2.45, 2.75) is 25.8 Å². The largest absolute Gasteiger partial charge is 0.439 e. The molecule has 27 heavy (non-hydrogen) atoms. The Morgan fingerprint density at radius 3 is 2.74 bits per heavy atom. The molecular weight excluding hydrogens is 345 g/mol. The van der Waals surface area contributed by atoms with Gasteiger partial charge in [-0.15, -0.1) is 0 Å². The fourth-order valence-electron chi connectivity index (χ4n) is 3.39. The van der Waals surface area contributed by atoms with E-state index < -0.39 is 0 Å². The maximum atomic E-state index is 13.1. The van der Waals surface area contributed by atoms with Crippen LogP contribution >= 0.6 is 0 Å². The molecule has 7 heteroatoms. The van der Waals surface area contributed by atoms with Crippen molar-refractivity contribution in [1.82, 2.24) is 24.6 Å². The minimum Gasteiger partial charge on any atom is -0.439 e. The number of nitrogens with zero attached hydrogens (tertiary/aromatic N) is 5. The highest BCUT2D eigenvalue weighted by molar-refractivity contribution is 5.28. The van der Waals surface area contributed by atoms with E-state index >= 15 is 0 Å². The third-order valence-corrected chi connectivity index (χ3v) is 4.83. The minimum atomic E-state index is -0.290. The van der Waals surface area contributed by atoms with Gasteiger partial charge in [-0.1, -0.05) is 0 Å². The van der Waals surface area contributed by atoms with Crippen LogP contribution in [0.15, 0.2) is 42.6 Å². The van der Waals surface area contributed by atoms with Crippen molar-refractivity contribution in [3.05, 3.63) is 65.6 Å². The van der Waals surface area contributed by atoms with E-state index in [0.717, 1.165) is 37.6 Å². The Hall–Kier alpha value is -2.80. The molecule has 1 atom stereocenters. The highest BCUT2D eigenvalue weighted by Crippen LogP contribution is 2.28. The molecule has 1 saturated heterocycles. The molecule has 1 unspecified atom stereocenters. The van der Waals surface area contributed by atoms with Gasteiger partial charge in [0, 0.05) is 44.0 Å². The molecule has 1 aliphatic rings. The Morgan fingerprint density at radius 2 is 2.00 bits per heavy atom. The van der Waals surface area contributed by atoms with Crippen LogP contribution in [0.5, 0.6) is 11.6 Å². The lowest BCUT2D eigenvalue weighted by Gasteiger charge is -2.16. The maximum Gasteiger partial charge on any atom is 0.222 e. The van der Waals surface area contributed by atoms with E-state index in [1.165, 1.54) is 17.8 Å². The summed E-state index contributed by atoms with van der Waals surface area (Å²) in [5.41, 5.74) is 2.06. The second kappa shape index (κ2) is 7.44. The molecule has 6 nitrogen and oxygen atoms in total. The Labute approximate surface area is 157 Å². The number of halogens is 1. The minimum absolute atomic E-state index is 0.272. The van der Waals surface area contributed by atoms with Crippen molar-refractivity contribution >= 4 is 0 Å². The fraction of sp³-hybridized carbons (Fsp3) is 0.350. The average Bonchev–Trinajstić information content (AvgIpc) is 3.27. The SMILES string of the molecule is Cc1cc(Oc2ccc(F)cc2)nc(C2CCN(Cc3ccnn3C)C2)n1. The van der Waals surface area contributed by atoms with Crippen molar-refractivity contribution in [3.63, 3.8) is 0 Å². The number of benzene rings is 1. The molecule has 1 fully saturated rings. The zero-order valence-electron chi connectivity index (χ0n) is 15.5. The second-order valence-corrected chi connectivity index (χ2v) is 6.93. The Morgan fingerprint density at radius 1 is 1.19 bits per heavy atom. The van der Waals surface area contributed by atoms with Gasteiger partial charge < -0.3 is 4.74 Å². The zero-order chi connectivity index (χ0) is 18.8. The molecule has 0 saturated carbocycles. The molecule has 4 rings (SSSR count). The number of aromatic nitrogens is 4. The first-order valence-electron chi connectivity index (χ1n) is 9.05. The van der Waals surface area contributed by atoms with Gasteiger partial charge in [0.1, 0.15) is 17.4 Å². The van der Waals surface area contributed by atoms with E-state index in [4.69, 9.17) is 4.74 Å². The summed E-state index contributed by atoms with van der Waals surface area (Å²) in [7, 11) is 1.96. The second-order valence-electron chi connectivity index (χ2n) is 6.93. The maximum absolute atomic E-state index is 13.1. The molecule has 0 bridgehead atoms. The van der Waals surface area contributed by atoms with Gasteiger partial charge in [-0.2, -0.15) is 10.1 Å². The molecule has 1 aromatic carbocycles. The molecule has 140 valence electrons. The molecule has 0 spiro atoms. The van der Waals surface area contributed by atoms with Crippen LogP contribution in [0.3, 0.4) is 0 Å². The highest BCUT2D eigenvalue weighted by atomic mass is 19.1. The molecule has 0 aliphatic carbocycles. The molecule has 2 aromatic heterocycles. The van der Waals surface area contributed by atoms with E-state index in [-0.39, 0.29) is 11.7 Å². The molecule has 0 radical (unpaired) electrons. The van der Waals surface area contributed by atoms with E-state index in [1.807, 2.05) is 30.9 Å². The monoisotopic (exact) mass is 367 g/mol. The van der Waals surface area contributed by atoms with Crippen LogP contribution in [0.1, 0.15) is 29.6 Å². The Kier molecular flexibility index (Phi) is 4.85. The average molecular weight is 367 g/mol. The van der Waals surface area contributed by atoms with Crippen LogP contribution in [0.25, 0.3) is 0 Å². The lowest BCUT2D eigenvalue weighted by molar-refractivity contribution is 0.315. The quantitative estimate of drug-likeness (QED) is 0.691. The standard InChI is InChI=1S/C20H22FN5O/c1-14-11-19(27-18-5-3-16(21)4-6-18)24-20(23-14)15-8-10-26(12-15)13-17-7-9-22-25(17)2/h3-7,9,11,15H,8,10,12-13H2,1-2H3. The van der Waals surface area contributed by atoms with Crippen LogP contribution in [-0.4, -0.2) is 37.7 Å². The fourth-order valence-corrected chi connectivity index (χ4v) is 3.39. The Bertz CT molecular complexity index is 924. The van der Waals surface area contributed by atoms with Crippen molar-refractivity contribution in [2.75, 3.05) is 13.1 Å². The summed E-state index contributed by atoms with van der Waals surface area (Å²) in [5.74, 6) is 1.84. The summed E-state index contributed by atoms with van der Waals surface area (Å²) in [6, 6.07) is 9.78. The molecule has 3 heterocycles. The van der Waals surface area contributed by atoms with Crippen molar-refractivity contribution in [2.24, 2.45) is 7.05 Å². The smallest absolute Gasteiger partial charge is 0.222 e. The molecule has 0 amide bonds. The predicted octanol–water partition coefficient (Wildman–Crippen LogP) is 3.44. The van der Waals surface area contributed by atoms with E-state index in [2.05, 4.69) is 20.0 Å².